The summed E-state index contributed by atoms with van der Waals surface area (Å²) in [7, 11) is 0. The molecule has 0 aliphatic carbocycles. The summed E-state index contributed by atoms with van der Waals surface area (Å²) in [5.41, 5.74) is 4.54. The highest BCUT2D eigenvalue weighted by Crippen LogP contribution is 2.30. The maximum absolute atomic E-state index is 13.3. The Morgan fingerprint density at radius 3 is 2.31 bits per heavy atom. The van der Waals surface area contributed by atoms with Crippen molar-refractivity contribution in [3.05, 3.63) is 69.9 Å². The number of carboxylic acids is 2. The first-order chi connectivity index (χ1) is 21.8. The van der Waals surface area contributed by atoms with Crippen LogP contribution in [0.2, 0.25) is 0 Å². The largest absolute Gasteiger partial charge is 0.494 e. The van der Waals surface area contributed by atoms with Gasteiger partial charge in [-0.25, -0.2) is 0 Å². The zero-order valence-electron chi connectivity index (χ0n) is 25.6. The number of carbonyl (C=O) groups is 3. The number of rotatable bonds is 18. The van der Waals surface area contributed by atoms with E-state index in [2.05, 4.69) is 5.38 Å². The van der Waals surface area contributed by atoms with Gasteiger partial charge in [-0.15, -0.1) is 0 Å². The minimum atomic E-state index is -0.870. The number of aliphatic carboxylic acids is 2. The van der Waals surface area contributed by atoms with Gasteiger partial charge in [0.1, 0.15) is 11.5 Å². The second-order valence-corrected chi connectivity index (χ2v) is 12.2. The Morgan fingerprint density at radius 1 is 0.822 bits per heavy atom. The number of hydrogen-bond acceptors (Lipinski definition) is 7. The van der Waals surface area contributed by atoms with E-state index in [0.717, 1.165) is 54.4 Å². The number of aliphatic hydroxyl groups is 1. The number of carboxylic acid groups (broad SMARTS) is 2. The first-order valence-electron chi connectivity index (χ1n) is 15.7. The lowest BCUT2D eigenvalue weighted by molar-refractivity contribution is -0.138. The number of thiophene rings is 1. The quantitative estimate of drug-likeness (QED) is 0.136. The van der Waals surface area contributed by atoms with Crippen LogP contribution in [0.4, 0.5) is 0 Å². The molecule has 242 valence electrons. The maximum Gasteiger partial charge on any atom is 0.303 e. The predicted molar refractivity (Wildman–Crippen MR) is 173 cm³/mol. The van der Waals surface area contributed by atoms with Crippen molar-refractivity contribution in [1.82, 2.24) is 4.90 Å². The predicted octanol–water partition coefficient (Wildman–Crippen LogP) is 6.45. The van der Waals surface area contributed by atoms with Crippen LogP contribution in [0, 0.1) is 0 Å². The van der Waals surface area contributed by atoms with Gasteiger partial charge in [-0.05, 0) is 108 Å². The molecule has 2 aromatic carbocycles. The second-order valence-electron chi connectivity index (χ2n) is 11.4. The fraction of sp³-hybridized carbons (Fsp3) is 0.457. The third-order valence-electron chi connectivity index (χ3n) is 7.98. The highest BCUT2D eigenvalue weighted by atomic mass is 32.1. The molecule has 1 aliphatic rings. The van der Waals surface area contributed by atoms with Crippen LogP contribution in [0.25, 0.3) is 11.1 Å². The first-order valence-corrected chi connectivity index (χ1v) is 16.7. The number of amides is 1. The fourth-order valence-corrected chi connectivity index (χ4v) is 6.18. The third kappa shape index (κ3) is 10.9. The Labute approximate surface area is 268 Å². The van der Waals surface area contributed by atoms with E-state index in [-0.39, 0.29) is 31.5 Å². The van der Waals surface area contributed by atoms with E-state index < -0.39 is 11.9 Å². The molecule has 0 bridgehead atoms. The Kier molecular flexibility index (Phi) is 13.3. The molecule has 1 aliphatic heterocycles. The number of aryl methyl sites for hydroxylation is 1. The van der Waals surface area contributed by atoms with Crippen molar-refractivity contribution in [3.8, 4) is 22.6 Å². The van der Waals surface area contributed by atoms with E-state index in [1.54, 1.807) is 16.2 Å². The van der Waals surface area contributed by atoms with Crippen molar-refractivity contribution in [2.24, 2.45) is 0 Å². The molecule has 0 spiro atoms. The van der Waals surface area contributed by atoms with E-state index in [1.807, 2.05) is 47.8 Å². The molecule has 3 aromatic rings. The summed E-state index contributed by atoms with van der Waals surface area (Å²) in [5.74, 6) is -0.479. The summed E-state index contributed by atoms with van der Waals surface area (Å²) in [4.78, 5) is 37.2. The fourth-order valence-electron chi connectivity index (χ4n) is 5.52. The molecule has 1 aromatic heterocycles. The number of carbonyl (C=O) groups excluding carboxylic acids is 1. The van der Waals surface area contributed by atoms with Crippen LogP contribution < -0.4 is 9.47 Å². The van der Waals surface area contributed by atoms with Crippen molar-refractivity contribution >= 4 is 29.2 Å². The van der Waals surface area contributed by atoms with Crippen LogP contribution in [0.15, 0.2) is 53.2 Å². The van der Waals surface area contributed by atoms with E-state index in [4.69, 9.17) is 14.6 Å². The molecular weight excluding hydrogens is 594 g/mol. The smallest absolute Gasteiger partial charge is 0.303 e. The van der Waals surface area contributed by atoms with Crippen LogP contribution in [-0.4, -0.2) is 70.5 Å². The number of benzene rings is 2. The molecule has 0 unspecified atom stereocenters. The number of aliphatic hydroxyl groups excluding tert-OH is 1. The minimum absolute atomic E-state index is 0.00190. The topological polar surface area (TPSA) is 134 Å². The summed E-state index contributed by atoms with van der Waals surface area (Å²) in [6, 6.07) is 13.5. The van der Waals surface area contributed by atoms with Crippen molar-refractivity contribution in [3.63, 3.8) is 0 Å². The van der Waals surface area contributed by atoms with Gasteiger partial charge in [-0.3, -0.25) is 14.4 Å². The van der Waals surface area contributed by atoms with Crippen molar-refractivity contribution in [2.45, 2.75) is 76.7 Å². The summed E-state index contributed by atoms with van der Waals surface area (Å²) < 4.78 is 12.0. The Balaban J connectivity index is 1.28. The van der Waals surface area contributed by atoms with Crippen LogP contribution in [0.1, 0.15) is 79.3 Å². The molecule has 1 fully saturated rings. The van der Waals surface area contributed by atoms with Gasteiger partial charge in [-0.2, -0.15) is 11.3 Å². The molecule has 10 heteroatoms. The van der Waals surface area contributed by atoms with Gasteiger partial charge in [0.25, 0.3) is 5.91 Å². The van der Waals surface area contributed by atoms with Gasteiger partial charge in [-0.1, -0.05) is 25.0 Å². The molecule has 3 N–H and O–H groups in total. The molecule has 0 radical (unpaired) electrons. The van der Waals surface area contributed by atoms with E-state index >= 15 is 0 Å². The molecule has 0 saturated carbocycles. The van der Waals surface area contributed by atoms with Crippen molar-refractivity contribution < 1.29 is 39.2 Å². The Hall–Kier alpha value is -3.89. The highest BCUT2D eigenvalue weighted by molar-refractivity contribution is 7.08. The number of ether oxygens (including phenoxy) is 2. The standard InChI is InChI=1S/C35H43NO8S/c37-29-13-16-36(17-14-29)35(42)28-21-27(26-15-20-45-24-26)22-30(23-28)43-18-4-2-1-3-7-25-8-5-9-32(31(25)11-12-34(40)41)44-19-6-10-33(38)39/h5,8-9,15,20-24,29,37H,1-4,6-7,10-14,16-19H2,(H,38,39)(H,40,41). The number of piperidine rings is 1. The van der Waals surface area contributed by atoms with Crippen LogP contribution >= 0.6 is 11.3 Å². The van der Waals surface area contributed by atoms with Gasteiger partial charge in [0.2, 0.25) is 0 Å². The summed E-state index contributed by atoms with van der Waals surface area (Å²) in [6.45, 7) is 1.89. The van der Waals surface area contributed by atoms with Gasteiger partial charge < -0.3 is 29.7 Å². The average Bonchev–Trinajstić information content (AvgIpc) is 3.57. The number of hydrogen-bond donors (Lipinski definition) is 3. The van der Waals surface area contributed by atoms with Gasteiger partial charge in [0, 0.05) is 31.5 Å². The molecule has 1 saturated heterocycles. The number of likely N-dealkylation sites (tertiary alicyclic amines) is 1. The molecule has 0 atom stereocenters. The Morgan fingerprint density at radius 2 is 1.58 bits per heavy atom. The summed E-state index contributed by atoms with van der Waals surface area (Å²) in [6.07, 6.45) is 6.14. The summed E-state index contributed by atoms with van der Waals surface area (Å²) in [5, 5.41) is 32.0. The molecule has 9 nitrogen and oxygen atoms in total. The molecular formula is C35H43NO8S. The third-order valence-corrected chi connectivity index (χ3v) is 8.66. The van der Waals surface area contributed by atoms with E-state index in [0.29, 0.717) is 62.4 Å². The number of unbranched alkanes of at least 4 members (excludes halogenated alkanes) is 3. The molecule has 2 heterocycles. The SMILES string of the molecule is O=C(O)CCCOc1cccc(CCCCCCOc2cc(C(=O)N3CCC(O)CC3)cc(-c3ccsc3)c2)c1CCC(=O)O. The number of nitrogens with zero attached hydrogens (tertiary/aromatic N) is 1. The second kappa shape index (κ2) is 17.6. The highest BCUT2D eigenvalue weighted by Gasteiger charge is 2.23. The van der Waals surface area contributed by atoms with E-state index in [1.165, 1.54) is 0 Å². The Bertz CT molecular complexity index is 1400. The van der Waals surface area contributed by atoms with Gasteiger partial charge in [0.05, 0.1) is 19.3 Å². The lowest BCUT2D eigenvalue weighted by Crippen LogP contribution is -2.40. The van der Waals surface area contributed by atoms with E-state index in [9.17, 15) is 24.6 Å². The van der Waals surface area contributed by atoms with Crippen molar-refractivity contribution in [1.29, 1.82) is 0 Å². The maximum atomic E-state index is 13.3. The zero-order valence-corrected chi connectivity index (χ0v) is 26.4. The monoisotopic (exact) mass is 637 g/mol. The van der Waals surface area contributed by atoms with Crippen molar-refractivity contribution in [2.75, 3.05) is 26.3 Å². The van der Waals surface area contributed by atoms with Gasteiger partial charge >= 0.3 is 11.9 Å². The van der Waals surface area contributed by atoms with Crippen LogP contribution in [0.3, 0.4) is 0 Å². The zero-order chi connectivity index (χ0) is 32.0. The lowest BCUT2D eigenvalue weighted by atomic mass is 9.97. The first kappa shape index (κ1) is 34.0. The normalized spacial score (nSPS) is 13.5. The molecule has 1 amide bonds. The lowest BCUT2D eigenvalue weighted by Gasteiger charge is -2.29. The van der Waals surface area contributed by atoms with Crippen LogP contribution in [-0.2, 0) is 22.4 Å². The average molecular weight is 638 g/mol. The minimum Gasteiger partial charge on any atom is -0.494 e. The molecule has 4 rings (SSSR count). The van der Waals surface area contributed by atoms with Crippen LogP contribution in [0.5, 0.6) is 11.5 Å². The van der Waals surface area contributed by atoms with Gasteiger partial charge in [0.15, 0.2) is 0 Å². The summed E-state index contributed by atoms with van der Waals surface area (Å²) >= 11 is 1.60. The molecule has 45 heavy (non-hydrogen) atoms.